The molecule has 1 aromatic heterocycles. The van der Waals surface area contributed by atoms with Crippen molar-refractivity contribution in [1.29, 1.82) is 5.26 Å². The molecule has 0 spiro atoms. The van der Waals surface area contributed by atoms with Crippen LogP contribution in [0, 0.1) is 23.7 Å². The van der Waals surface area contributed by atoms with Crippen LogP contribution in [0.3, 0.4) is 0 Å². The first-order valence-corrected chi connectivity index (χ1v) is 5.30. The Kier molecular flexibility index (Phi) is 3.05. The summed E-state index contributed by atoms with van der Waals surface area (Å²) in [5.74, 6) is 0. The van der Waals surface area contributed by atoms with Crippen LogP contribution in [-0.2, 0) is 6.42 Å². The minimum absolute atomic E-state index is 0.249. The third kappa shape index (κ3) is 2.53. The fourth-order valence-electron chi connectivity index (χ4n) is 1.13. The predicted octanol–water partition coefficient (Wildman–Crippen LogP) is 2.93. The molecular formula is C10H14N2S. The molecule has 0 aliphatic rings. The lowest BCUT2D eigenvalue weighted by molar-refractivity contribution is 0.418. The largest absolute Gasteiger partial charge is 0.247 e. The summed E-state index contributed by atoms with van der Waals surface area (Å²) in [6.07, 6.45) is 1.64. The van der Waals surface area contributed by atoms with Gasteiger partial charge in [0.25, 0.3) is 0 Å². The second kappa shape index (κ2) is 3.89. The smallest absolute Gasteiger partial charge is 0.0897 e. The Morgan fingerprint density at radius 3 is 2.77 bits per heavy atom. The van der Waals surface area contributed by atoms with E-state index in [9.17, 15) is 0 Å². The lowest BCUT2D eigenvalue weighted by Gasteiger charge is -2.17. The van der Waals surface area contributed by atoms with Crippen LogP contribution < -0.4 is 0 Å². The number of aryl methyl sites for hydroxylation is 1. The van der Waals surface area contributed by atoms with Gasteiger partial charge >= 0.3 is 0 Å². The Balaban J connectivity index is 2.74. The molecule has 0 fully saturated rings. The monoisotopic (exact) mass is 194 g/mol. The minimum atomic E-state index is -0.249. The zero-order chi connectivity index (χ0) is 9.90. The Morgan fingerprint density at radius 1 is 1.69 bits per heavy atom. The van der Waals surface area contributed by atoms with Crippen molar-refractivity contribution in [3.63, 3.8) is 0 Å². The fraction of sp³-hybridized carbons (Fsp3) is 0.600. The van der Waals surface area contributed by atoms with Gasteiger partial charge in [0, 0.05) is 11.8 Å². The molecule has 0 amide bonds. The minimum Gasteiger partial charge on any atom is -0.247 e. The van der Waals surface area contributed by atoms with Crippen molar-refractivity contribution in [2.24, 2.45) is 5.41 Å². The highest BCUT2D eigenvalue weighted by Crippen LogP contribution is 2.25. The number of rotatable bonds is 3. The van der Waals surface area contributed by atoms with Crippen LogP contribution in [0.2, 0.25) is 0 Å². The van der Waals surface area contributed by atoms with E-state index in [0.29, 0.717) is 0 Å². The standard InChI is InChI=1S/C10H14N2S/c1-4-10(3,7-11)5-9-6-13-8(2)12-9/h6H,4-5H2,1-3H3. The average Bonchev–Trinajstić information content (AvgIpc) is 2.51. The van der Waals surface area contributed by atoms with Crippen LogP contribution in [-0.4, -0.2) is 4.98 Å². The highest BCUT2D eigenvalue weighted by Gasteiger charge is 2.22. The van der Waals surface area contributed by atoms with Crippen LogP contribution in [0.5, 0.6) is 0 Å². The molecule has 1 atom stereocenters. The zero-order valence-corrected chi connectivity index (χ0v) is 9.11. The van der Waals surface area contributed by atoms with Gasteiger partial charge in [0.05, 0.1) is 22.2 Å². The third-order valence-electron chi connectivity index (χ3n) is 2.29. The molecule has 1 aromatic rings. The summed E-state index contributed by atoms with van der Waals surface area (Å²) in [6.45, 7) is 6.02. The van der Waals surface area contributed by atoms with E-state index in [1.165, 1.54) is 0 Å². The summed E-state index contributed by atoms with van der Waals surface area (Å²) in [7, 11) is 0. The molecule has 70 valence electrons. The lowest BCUT2D eigenvalue weighted by atomic mass is 9.85. The summed E-state index contributed by atoms with van der Waals surface area (Å²) < 4.78 is 0. The zero-order valence-electron chi connectivity index (χ0n) is 8.29. The number of thiazole rings is 1. The van der Waals surface area contributed by atoms with E-state index in [1.807, 2.05) is 26.2 Å². The molecule has 0 saturated heterocycles. The number of hydrogen-bond donors (Lipinski definition) is 0. The topological polar surface area (TPSA) is 36.7 Å². The maximum Gasteiger partial charge on any atom is 0.0897 e. The van der Waals surface area contributed by atoms with E-state index in [2.05, 4.69) is 11.1 Å². The SMILES string of the molecule is CCC(C)(C#N)Cc1csc(C)n1. The van der Waals surface area contributed by atoms with Crippen molar-refractivity contribution in [3.8, 4) is 6.07 Å². The number of hydrogen-bond acceptors (Lipinski definition) is 3. The van der Waals surface area contributed by atoms with Crippen molar-refractivity contribution in [2.75, 3.05) is 0 Å². The Hall–Kier alpha value is -0.880. The summed E-state index contributed by atoms with van der Waals surface area (Å²) >= 11 is 1.65. The molecule has 0 N–H and O–H groups in total. The van der Waals surface area contributed by atoms with Crippen LogP contribution in [0.15, 0.2) is 5.38 Å². The Bertz CT molecular complexity index is 324. The van der Waals surface area contributed by atoms with Crippen molar-refractivity contribution in [2.45, 2.75) is 33.6 Å². The molecule has 1 unspecified atom stereocenters. The van der Waals surface area contributed by atoms with Crippen LogP contribution in [0.1, 0.15) is 31.0 Å². The van der Waals surface area contributed by atoms with Crippen molar-refractivity contribution < 1.29 is 0 Å². The molecule has 1 rings (SSSR count). The van der Waals surface area contributed by atoms with Gasteiger partial charge in [-0.25, -0.2) is 4.98 Å². The second-order valence-corrected chi connectivity index (χ2v) is 4.62. The second-order valence-electron chi connectivity index (χ2n) is 3.56. The molecular weight excluding hydrogens is 180 g/mol. The molecule has 0 radical (unpaired) electrons. The van der Waals surface area contributed by atoms with Gasteiger partial charge in [-0.15, -0.1) is 11.3 Å². The maximum atomic E-state index is 8.98. The van der Waals surface area contributed by atoms with Gasteiger partial charge < -0.3 is 0 Å². The van der Waals surface area contributed by atoms with E-state index < -0.39 is 0 Å². The van der Waals surface area contributed by atoms with Crippen molar-refractivity contribution in [1.82, 2.24) is 4.98 Å². The van der Waals surface area contributed by atoms with Crippen LogP contribution in [0.4, 0.5) is 0 Å². The van der Waals surface area contributed by atoms with Gasteiger partial charge in [0.2, 0.25) is 0 Å². The van der Waals surface area contributed by atoms with E-state index in [1.54, 1.807) is 11.3 Å². The molecule has 2 nitrogen and oxygen atoms in total. The third-order valence-corrected chi connectivity index (χ3v) is 3.11. The normalized spacial score (nSPS) is 14.9. The lowest BCUT2D eigenvalue weighted by Crippen LogP contribution is -2.15. The number of nitrogens with zero attached hydrogens (tertiary/aromatic N) is 2. The predicted molar refractivity (Wildman–Crippen MR) is 54.6 cm³/mol. The number of nitriles is 1. The molecule has 0 aromatic carbocycles. The first-order valence-electron chi connectivity index (χ1n) is 4.42. The Morgan fingerprint density at radius 2 is 2.38 bits per heavy atom. The average molecular weight is 194 g/mol. The van der Waals surface area contributed by atoms with E-state index >= 15 is 0 Å². The summed E-state index contributed by atoms with van der Waals surface area (Å²) in [6, 6.07) is 2.35. The van der Waals surface area contributed by atoms with Crippen LogP contribution in [0.25, 0.3) is 0 Å². The fourth-order valence-corrected chi connectivity index (χ4v) is 1.75. The first kappa shape index (κ1) is 10.2. The number of aromatic nitrogens is 1. The molecule has 3 heteroatoms. The highest BCUT2D eigenvalue weighted by atomic mass is 32.1. The summed E-state index contributed by atoms with van der Waals surface area (Å²) in [4.78, 5) is 4.36. The van der Waals surface area contributed by atoms with Gasteiger partial charge in [-0.3, -0.25) is 0 Å². The van der Waals surface area contributed by atoms with Gasteiger partial charge in [0.15, 0.2) is 0 Å². The molecule has 0 saturated carbocycles. The highest BCUT2D eigenvalue weighted by molar-refractivity contribution is 7.09. The summed E-state index contributed by atoms with van der Waals surface area (Å²) in [5.41, 5.74) is 0.800. The molecule has 1 heterocycles. The first-order chi connectivity index (χ1) is 6.09. The quantitative estimate of drug-likeness (QED) is 0.741. The maximum absolute atomic E-state index is 8.98. The molecule has 0 aliphatic heterocycles. The van der Waals surface area contributed by atoms with Crippen molar-refractivity contribution in [3.05, 3.63) is 16.1 Å². The Labute approximate surface area is 83.2 Å². The molecule has 0 bridgehead atoms. The van der Waals surface area contributed by atoms with Crippen molar-refractivity contribution >= 4 is 11.3 Å². The van der Waals surface area contributed by atoms with Gasteiger partial charge in [-0.2, -0.15) is 5.26 Å². The van der Waals surface area contributed by atoms with Gasteiger partial charge in [-0.05, 0) is 20.3 Å². The van der Waals surface area contributed by atoms with Gasteiger partial charge in [-0.1, -0.05) is 6.92 Å². The summed E-state index contributed by atoms with van der Waals surface area (Å²) in [5, 5.41) is 12.1. The molecule has 0 aliphatic carbocycles. The van der Waals surface area contributed by atoms with E-state index in [4.69, 9.17) is 5.26 Å². The van der Waals surface area contributed by atoms with E-state index in [-0.39, 0.29) is 5.41 Å². The van der Waals surface area contributed by atoms with Crippen LogP contribution >= 0.6 is 11.3 Å². The molecule has 13 heavy (non-hydrogen) atoms. The van der Waals surface area contributed by atoms with Gasteiger partial charge in [0.1, 0.15) is 0 Å². The van der Waals surface area contributed by atoms with E-state index in [0.717, 1.165) is 23.5 Å².